The van der Waals surface area contributed by atoms with Gasteiger partial charge in [-0.1, -0.05) is 54.6 Å². The van der Waals surface area contributed by atoms with E-state index in [1.54, 1.807) is 27.8 Å². The molecule has 3 rings (SSSR count). The van der Waals surface area contributed by atoms with Crippen LogP contribution in [0.1, 0.15) is 31.9 Å². The van der Waals surface area contributed by atoms with E-state index in [0.717, 1.165) is 16.3 Å². The number of anilines is 1. The Kier molecular flexibility index (Phi) is 8.53. The van der Waals surface area contributed by atoms with E-state index in [0.29, 0.717) is 11.3 Å². The Balaban J connectivity index is 1.87. The second kappa shape index (κ2) is 11.6. The molecule has 0 unspecified atom stereocenters. The van der Waals surface area contributed by atoms with Crippen LogP contribution in [0.15, 0.2) is 66.7 Å². The fourth-order valence-electron chi connectivity index (χ4n) is 3.64. The molecule has 0 aliphatic carbocycles. The van der Waals surface area contributed by atoms with Gasteiger partial charge in [0.1, 0.15) is 18.2 Å². The third-order valence-electron chi connectivity index (χ3n) is 5.39. The maximum absolute atomic E-state index is 12.8. The maximum Gasteiger partial charge on any atom is 0.414 e. The predicted octanol–water partition coefficient (Wildman–Crippen LogP) is 5.22. The summed E-state index contributed by atoms with van der Waals surface area (Å²) in [5, 5.41) is 4.43. The number of esters is 1. The molecule has 3 aromatic carbocycles. The summed E-state index contributed by atoms with van der Waals surface area (Å²) in [6, 6.07) is 19.6. The summed E-state index contributed by atoms with van der Waals surface area (Å²) >= 11 is 0. The van der Waals surface area contributed by atoms with Crippen molar-refractivity contribution in [1.29, 1.82) is 0 Å². The number of nitrogens with one attached hydrogen (secondary N) is 1. The van der Waals surface area contributed by atoms with E-state index in [2.05, 4.69) is 5.32 Å². The van der Waals surface area contributed by atoms with Gasteiger partial charge in [0.25, 0.3) is 0 Å². The molecule has 0 saturated heterocycles. The number of fused-ring (bicyclic) bond motifs is 1. The number of nitrogens with zero attached hydrogens (tertiary/aromatic N) is 1. The van der Waals surface area contributed by atoms with Gasteiger partial charge in [0.2, 0.25) is 0 Å². The van der Waals surface area contributed by atoms with Crippen LogP contribution in [0.2, 0.25) is 0 Å². The van der Waals surface area contributed by atoms with Crippen LogP contribution in [0.25, 0.3) is 10.8 Å². The molecule has 0 saturated carbocycles. The molecule has 0 aromatic heterocycles. The number of benzene rings is 3. The molecule has 0 spiro atoms. The van der Waals surface area contributed by atoms with Crippen molar-refractivity contribution in [2.45, 2.75) is 45.4 Å². The minimum atomic E-state index is -1.04. The summed E-state index contributed by atoms with van der Waals surface area (Å²) in [6.45, 7) is 5.43. The number of alkyl carbamates (subject to hydrolysis) is 1. The van der Waals surface area contributed by atoms with Gasteiger partial charge >= 0.3 is 18.2 Å². The zero-order valence-corrected chi connectivity index (χ0v) is 21.2. The molecular formula is C28H32N2O6. The highest BCUT2D eigenvalue weighted by Crippen LogP contribution is 2.29. The average Bonchev–Trinajstić information content (AvgIpc) is 2.85. The van der Waals surface area contributed by atoms with Crippen LogP contribution in [-0.2, 0) is 32.0 Å². The summed E-state index contributed by atoms with van der Waals surface area (Å²) < 4.78 is 15.8. The number of hydrogen-bond donors (Lipinski definition) is 1. The smallest absolute Gasteiger partial charge is 0.414 e. The van der Waals surface area contributed by atoms with E-state index in [-0.39, 0.29) is 13.0 Å². The summed E-state index contributed by atoms with van der Waals surface area (Å²) in [6.07, 6.45) is -1.22. The number of amides is 2. The van der Waals surface area contributed by atoms with E-state index in [1.165, 1.54) is 12.0 Å². The molecule has 1 atom stereocenters. The van der Waals surface area contributed by atoms with Crippen molar-refractivity contribution in [3.05, 3.63) is 77.9 Å². The van der Waals surface area contributed by atoms with Gasteiger partial charge in [-0.25, -0.2) is 14.4 Å². The second-order valence-corrected chi connectivity index (χ2v) is 9.35. The van der Waals surface area contributed by atoms with E-state index < -0.39 is 29.8 Å². The number of rotatable bonds is 7. The first-order valence-corrected chi connectivity index (χ1v) is 11.6. The Morgan fingerprint density at radius 1 is 0.944 bits per heavy atom. The largest absolute Gasteiger partial charge is 0.467 e. The Hall–Kier alpha value is -4.07. The van der Waals surface area contributed by atoms with Gasteiger partial charge in [0.15, 0.2) is 0 Å². The lowest BCUT2D eigenvalue weighted by Crippen LogP contribution is -2.43. The third kappa shape index (κ3) is 7.21. The molecule has 2 amide bonds. The van der Waals surface area contributed by atoms with E-state index >= 15 is 0 Å². The number of hydrogen-bond acceptors (Lipinski definition) is 6. The Labute approximate surface area is 211 Å². The average molecular weight is 493 g/mol. The van der Waals surface area contributed by atoms with E-state index in [9.17, 15) is 14.4 Å². The van der Waals surface area contributed by atoms with E-state index in [1.807, 2.05) is 66.7 Å². The summed E-state index contributed by atoms with van der Waals surface area (Å²) in [5.41, 5.74) is 1.34. The van der Waals surface area contributed by atoms with Gasteiger partial charge in [0.05, 0.1) is 12.8 Å². The summed E-state index contributed by atoms with van der Waals surface area (Å²) in [5.74, 6) is -0.634. The highest BCUT2D eigenvalue weighted by atomic mass is 16.6. The number of carbonyl (C=O) groups excluding carboxylic acids is 3. The van der Waals surface area contributed by atoms with Gasteiger partial charge in [0, 0.05) is 13.5 Å². The minimum absolute atomic E-state index is 0.0587. The highest BCUT2D eigenvalue weighted by Gasteiger charge is 2.27. The predicted molar refractivity (Wildman–Crippen MR) is 138 cm³/mol. The van der Waals surface area contributed by atoms with Gasteiger partial charge < -0.3 is 19.5 Å². The SMILES string of the molecule is COC(=O)[C@H](Cc1cc2ccccc2cc1N(C)C(=O)OC(C)(C)C)NC(=O)OCc1ccccc1. The molecule has 190 valence electrons. The van der Waals surface area contributed by atoms with Gasteiger partial charge in [-0.3, -0.25) is 4.90 Å². The van der Waals surface area contributed by atoms with Gasteiger partial charge in [-0.2, -0.15) is 0 Å². The Morgan fingerprint density at radius 2 is 1.56 bits per heavy atom. The van der Waals surface area contributed by atoms with Crippen LogP contribution < -0.4 is 10.2 Å². The van der Waals surface area contributed by atoms with Crippen LogP contribution in [-0.4, -0.2) is 44.0 Å². The molecular weight excluding hydrogens is 460 g/mol. The fourth-order valence-corrected chi connectivity index (χ4v) is 3.64. The molecule has 0 radical (unpaired) electrons. The summed E-state index contributed by atoms with van der Waals surface area (Å²) in [4.78, 5) is 39.3. The number of ether oxygens (including phenoxy) is 3. The fraction of sp³-hybridized carbons (Fsp3) is 0.321. The lowest BCUT2D eigenvalue weighted by Gasteiger charge is -2.27. The van der Waals surface area contributed by atoms with Crippen molar-refractivity contribution in [1.82, 2.24) is 5.32 Å². The number of carbonyl (C=O) groups is 3. The van der Waals surface area contributed by atoms with Crippen molar-refractivity contribution in [2.75, 3.05) is 19.1 Å². The molecule has 0 heterocycles. The first-order valence-electron chi connectivity index (χ1n) is 11.6. The first-order chi connectivity index (χ1) is 17.1. The molecule has 36 heavy (non-hydrogen) atoms. The lowest BCUT2D eigenvalue weighted by molar-refractivity contribution is -0.143. The molecule has 0 aliphatic rings. The molecule has 3 aromatic rings. The Bertz CT molecular complexity index is 1220. The molecule has 8 nitrogen and oxygen atoms in total. The topological polar surface area (TPSA) is 94.2 Å². The van der Waals surface area contributed by atoms with Crippen LogP contribution in [0, 0.1) is 0 Å². The molecule has 0 bridgehead atoms. The van der Waals surface area contributed by atoms with Crippen LogP contribution in [0.4, 0.5) is 15.3 Å². The molecule has 0 fully saturated rings. The van der Waals surface area contributed by atoms with Crippen molar-refractivity contribution in [3.8, 4) is 0 Å². The minimum Gasteiger partial charge on any atom is -0.467 e. The summed E-state index contributed by atoms with van der Waals surface area (Å²) in [7, 11) is 2.86. The third-order valence-corrected chi connectivity index (χ3v) is 5.39. The number of methoxy groups -OCH3 is 1. The van der Waals surface area contributed by atoms with Crippen molar-refractivity contribution >= 4 is 34.6 Å². The van der Waals surface area contributed by atoms with Gasteiger partial charge in [-0.05, 0) is 54.8 Å². The van der Waals surface area contributed by atoms with Crippen LogP contribution in [0.3, 0.4) is 0 Å². The molecule has 1 N–H and O–H groups in total. The van der Waals surface area contributed by atoms with Crippen molar-refractivity contribution < 1.29 is 28.6 Å². The monoisotopic (exact) mass is 492 g/mol. The first kappa shape index (κ1) is 26.5. The Morgan fingerprint density at radius 3 is 2.17 bits per heavy atom. The van der Waals surface area contributed by atoms with Gasteiger partial charge in [-0.15, -0.1) is 0 Å². The van der Waals surface area contributed by atoms with Crippen LogP contribution in [0.5, 0.6) is 0 Å². The quantitative estimate of drug-likeness (QED) is 0.359. The van der Waals surface area contributed by atoms with Crippen LogP contribution >= 0.6 is 0 Å². The zero-order valence-electron chi connectivity index (χ0n) is 21.2. The lowest BCUT2D eigenvalue weighted by atomic mass is 9.98. The molecule has 0 aliphatic heterocycles. The second-order valence-electron chi connectivity index (χ2n) is 9.35. The molecule has 8 heteroatoms. The van der Waals surface area contributed by atoms with Crippen molar-refractivity contribution in [3.63, 3.8) is 0 Å². The standard InChI is InChI=1S/C28H32N2O6/c1-28(2,3)36-27(33)30(4)24-17-21-14-10-9-13-20(21)15-22(24)16-23(25(31)34-5)29-26(32)35-18-19-11-7-6-8-12-19/h6-15,17,23H,16,18H2,1-5H3,(H,29,32)/t23-/m0/s1. The maximum atomic E-state index is 12.8. The van der Waals surface area contributed by atoms with E-state index in [4.69, 9.17) is 14.2 Å². The highest BCUT2D eigenvalue weighted by molar-refractivity contribution is 5.95. The normalized spacial score (nSPS) is 11.9. The zero-order chi connectivity index (χ0) is 26.3. The van der Waals surface area contributed by atoms with Crippen molar-refractivity contribution in [2.24, 2.45) is 0 Å².